The van der Waals surface area contributed by atoms with Crippen LogP contribution in [0.2, 0.25) is 0 Å². The predicted octanol–water partition coefficient (Wildman–Crippen LogP) is 5.12. The molecule has 1 heterocycles. The molecule has 1 fully saturated rings. The first-order valence-electron chi connectivity index (χ1n) is 14.5. The second-order valence-corrected chi connectivity index (χ2v) is 11.4. The molecule has 1 aliphatic heterocycles. The van der Waals surface area contributed by atoms with Crippen molar-refractivity contribution in [1.82, 2.24) is 0 Å². The van der Waals surface area contributed by atoms with E-state index in [0.29, 0.717) is 17.1 Å². The Labute approximate surface area is 232 Å². The van der Waals surface area contributed by atoms with Crippen LogP contribution in [0.1, 0.15) is 96.8 Å². The summed E-state index contributed by atoms with van der Waals surface area (Å²) in [5.41, 5.74) is -2.16. The number of likely N-dealkylation sites (N-methyl/N-ethyl adjacent to an activating group) is 1. The second kappa shape index (κ2) is 15.9. The molecule has 0 aromatic rings. The quantitative estimate of drug-likeness (QED) is 0.0762. The zero-order valence-electron chi connectivity index (χ0n) is 23.9. The molecular formula is C28H47N3O8. The van der Waals surface area contributed by atoms with Crippen LogP contribution in [0.4, 0.5) is 0 Å². The average Bonchev–Trinajstić information content (AvgIpc) is 3.26. The van der Waals surface area contributed by atoms with E-state index in [9.17, 15) is 30.4 Å². The lowest BCUT2D eigenvalue weighted by Gasteiger charge is -2.33. The van der Waals surface area contributed by atoms with Gasteiger partial charge in [0.2, 0.25) is 0 Å². The molecule has 2 unspecified atom stereocenters. The Morgan fingerprint density at radius 2 is 1.44 bits per heavy atom. The molecule has 0 aromatic carbocycles. The van der Waals surface area contributed by atoms with Crippen LogP contribution in [0, 0.1) is 20.2 Å². The van der Waals surface area contributed by atoms with Crippen LogP contribution in [0.15, 0.2) is 35.1 Å². The van der Waals surface area contributed by atoms with Crippen molar-refractivity contribution < 1.29 is 34.0 Å². The Hall–Kier alpha value is -2.50. The van der Waals surface area contributed by atoms with Crippen LogP contribution in [-0.2, 0) is 9.47 Å². The zero-order valence-corrected chi connectivity index (χ0v) is 23.9. The van der Waals surface area contributed by atoms with Gasteiger partial charge in [0.25, 0.3) is 11.5 Å². The van der Waals surface area contributed by atoms with Gasteiger partial charge in [0.05, 0.1) is 54.7 Å². The fourth-order valence-electron chi connectivity index (χ4n) is 5.39. The minimum Gasteiger partial charge on any atom is -0.629 e. The van der Waals surface area contributed by atoms with Gasteiger partial charge in [-0.2, -0.15) is 0 Å². The summed E-state index contributed by atoms with van der Waals surface area (Å²) in [4.78, 5) is 21.2. The van der Waals surface area contributed by atoms with Crippen molar-refractivity contribution in [3.05, 3.63) is 55.3 Å². The maximum absolute atomic E-state index is 11.9. The van der Waals surface area contributed by atoms with Crippen LogP contribution in [0.3, 0.4) is 0 Å². The summed E-state index contributed by atoms with van der Waals surface area (Å²) >= 11 is 0. The van der Waals surface area contributed by atoms with Gasteiger partial charge in [-0.15, -0.1) is 0 Å². The summed E-state index contributed by atoms with van der Waals surface area (Å²) in [6.45, 7) is 3.54. The van der Waals surface area contributed by atoms with Gasteiger partial charge in [-0.25, -0.2) is 0 Å². The molecule has 1 saturated heterocycles. The lowest BCUT2D eigenvalue weighted by molar-refractivity contribution is -0.893. The van der Waals surface area contributed by atoms with Crippen molar-refractivity contribution in [3.63, 3.8) is 0 Å². The predicted molar refractivity (Wildman–Crippen MR) is 146 cm³/mol. The molecule has 1 spiro atoms. The largest absolute Gasteiger partial charge is 0.629 e. The van der Waals surface area contributed by atoms with Crippen LogP contribution in [-0.4, -0.2) is 65.1 Å². The molecule has 0 bridgehead atoms. The maximum Gasteiger partial charge on any atom is 0.317 e. The lowest BCUT2D eigenvalue weighted by Crippen LogP contribution is -2.48. The lowest BCUT2D eigenvalue weighted by atomic mass is 9.96. The Kier molecular flexibility index (Phi) is 13.4. The Morgan fingerprint density at radius 3 is 1.90 bits per heavy atom. The maximum atomic E-state index is 11.9. The van der Waals surface area contributed by atoms with Crippen molar-refractivity contribution in [2.75, 3.05) is 33.8 Å². The number of unbranched alkanes of at least 4 members (excludes halogenated alkanes) is 13. The first-order valence-corrected chi connectivity index (χ1v) is 14.5. The number of quaternary nitrogens is 1. The Bertz CT molecular complexity index is 910. The molecule has 1 aliphatic carbocycles. The summed E-state index contributed by atoms with van der Waals surface area (Å²) in [5, 5.41) is 44.5. The Morgan fingerprint density at radius 1 is 0.923 bits per heavy atom. The second-order valence-electron chi connectivity index (χ2n) is 11.4. The molecular weight excluding hydrogens is 506 g/mol. The molecule has 11 nitrogen and oxygen atoms in total. The highest BCUT2D eigenvalue weighted by molar-refractivity contribution is 5.44. The number of aliphatic hydroxyl groups excluding tert-OH is 1. The summed E-state index contributed by atoms with van der Waals surface area (Å²) in [6.07, 6.45) is 18.9. The number of hydrogen-bond acceptors (Lipinski definition) is 8. The van der Waals surface area contributed by atoms with E-state index in [1.54, 1.807) is 0 Å². The summed E-state index contributed by atoms with van der Waals surface area (Å²) < 4.78 is 12.1. The molecule has 0 aromatic heterocycles. The average molecular weight is 554 g/mol. The van der Waals surface area contributed by atoms with E-state index in [1.807, 2.05) is 14.1 Å². The minimum absolute atomic E-state index is 0.0516. The minimum atomic E-state index is -2.27. The van der Waals surface area contributed by atoms with E-state index in [-0.39, 0.29) is 6.61 Å². The van der Waals surface area contributed by atoms with Crippen molar-refractivity contribution in [2.24, 2.45) is 0 Å². The van der Waals surface area contributed by atoms with Gasteiger partial charge in [-0.3, -0.25) is 20.2 Å². The molecule has 39 heavy (non-hydrogen) atoms. The number of allylic oxidation sites excluding steroid dienone is 1. The summed E-state index contributed by atoms with van der Waals surface area (Å²) in [6, 6.07) is 0. The molecule has 2 atom stereocenters. The van der Waals surface area contributed by atoms with Crippen LogP contribution >= 0.6 is 0 Å². The van der Waals surface area contributed by atoms with Gasteiger partial charge in [0, 0.05) is 6.08 Å². The van der Waals surface area contributed by atoms with E-state index in [1.165, 1.54) is 77.0 Å². The molecule has 0 saturated carbocycles. The first kappa shape index (κ1) is 32.7. The van der Waals surface area contributed by atoms with Crippen LogP contribution in [0.5, 0.6) is 0 Å². The van der Waals surface area contributed by atoms with Crippen molar-refractivity contribution in [1.29, 1.82) is 0 Å². The highest BCUT2D eigenvalue weighted by atomic mass is 16.8. The summed E-state index contributed by atoms with van der Waals surface area (Å²) in [5.74, 6) is -3.84. The van der Waals surface area contributed by atoms with Gasteiger partial charge in [-0.1, -0.05) is 84.0 Å². The SMILES string of the molecule is CCCCCCCCCCCCCCCC[N+](C)(C)CC1COC2(O1)C([N+](=O)[O-])=CC([N+](=O)[O-])=CC2=C([O-])O. The van der Waals surface area contributed by atoms with E-state index in [4.69, 9.17) is 9.47 Å². The van der Waals surface area contributed by atoms with Gasteiger partial charge < -0.3 is 24.2 Å². The number of nitrogens with zero attached hydrogens (tertiary/aromatic N) is 3. The third-order valence-electron chi connectivity index (χ3n) is 7.53. The number of rotatable bonds is 19. The first-order chi connectivity index (χ1) is 18.5. The molecule has 222 valence electrons. The van der Waals surface area contributed by atoms with Crippen LogP contribution < -0.4 is 5.11 Å². The molecule has 0 amide bonds. The Balaban J connectivity index is 1.73. The van der Waals surface area contributed by atoms with Gasteiger partial charge in [-0.05, 0) is 12.8 Å². The third-order valence-corrected chi connectivity index (χ3v) is 7.53. The molecule has 0 radical (unpaired) electrons. The van der Waals surface area contributed by atoms with E-state index < -0.39 is 44.7 Å². The fraction of sp³-hybridized carbons (Fsp3) is 0.786. The number of ether oxygens (including phenoxy) is 2. The van der Waals surface area contributed by atoms with E-state index >= 15 is 0 Å². The fourth-order valence-corrected chi connectivity index (χ4v) is 5.39. The topological polar surface area (TPSA) is 148 Å². The highest BCUT2D eigenvalue weighted by Crippen LogP contribution is 2.43. The number of nitro groups is 2. The highest BCUT2D eigenvalue weighted by Gasteiger charge is 2.58. The normalized spacial score (nSPS) is 22.6. The van der Waals surface area contributed by atoms with Crippen LogP contribution in [0.25, 0.3) is 0 Å². The van der Waals surface area contributed by atoms with Crippen molar-refractivity contribution in [3.8, 4) is 0 Å². The number of hydrogen-bond donors (Lipinski definition) is 1. The molecule has 11 heteroatoms. The standard InChI is InChI=1S/C28H47N3O8/c1-4-5-6-7-8-9-10-11-12-13-14-15-16-17-18-31(2,3)21-24-22-38-28(39-24)25(27(32)33)19-23(29(34)35)20-26(28)30(36)37/h19-20,24H,4-18,21-22H2,1-3H3,(H-,32,33). The smallest absolute Gasteiger partial charge is 0.317 e. The molecule has 2 rings (SSSR count). The van der Waals surface area contributed by atoms with E-state index in [2.05, 4.69) is 6.92 Å². The van der Waals surface area contributed by atoms with Gasteiger partial charge >= 0.3 is 5.70 Å². The van der Waals surface area contributed by atoms with Crippen molar-refractivity contribution in [2.45, 2.75) is 109 Å². The molecule has 2 aliphatic rings. The van der Waals surface area contributed by atoms with Gasteiger partial charge in [0.1, 0.15) is 12.6 Å². The van der Waals surface area contributed by atoms with Crippen molar-refractivity contribution >= 4 is 0 Å². The molecule has 1 N–H and O–H groups in total. The number of aliphatic hydroxyl groups is 1. The third kappa shape index (κ3) is 10.2. The monoisotopic (exact) mass is 553 g/mol. The van der Waals surface area contributed by atoms with Gasteiger partial charge in [0.15, 0.2) is 0 Å². The zero-order chi connectivity index (χ0) is 28.9. The van der Waals surface area contributed by atoms with E-state index in [0.717, 1.165) is 25.5 Å². The summed E-state index contributed by atoms with van der Waals surface area (Å²) in [7, 11) is 4.07.